The summed E-state index contributed by atoms with van der Waals surface area (Å²) >= 11 is 7.69. The van der Waals surface area contributed by atoms with E-state index in [9.17, 15) is 9.59 Å². The summed E-state index contributed by atoms with van der Waals surface area (Å²) in [4.78, 5) is 35.0. The minimum Gasteiger partial charge on any atom is -0.496 e. The number of rotatable bonds is 8. The van der Waals surface area contributed by atoms with Crippen molar-refractivity contribution >= 4 is 40.9 Å². The molecule has 0 bridgehead atoms. The van der Waals surface area contributed by atoms with Gasteiger partial charge in [-0.05, 0) is 50.5 Å². The average molecular weight is 584 g/mol. The maximum atomic E-state index is 14.0. The van der Waals surface area contributed by atoms with E-state index in [0.29, 0.717) is 49.1 Å². The molecule has 1 saturated heterocycles. The Hall–Kier alpha value is -3.30. The van der Waals surface area contributed by atoms with Gasteiger partial charge in [0.15, 0.2) is 10.7 Å². The van der Waals surface area contributed by atoms with E-state index >= 15 is 0 Å². The van der Waals surface area contributed by atoms with Gasteiger partial charge in [0.1, 0.15) is 17.6 Å². The molecule has 5 rings (SSSR count). The van der Waals surface area contributed by atoms with E-state index in [4.69, 9.17) is 30.5 Å². The number of fused-ring (bicyclic) bond motifs is 1. The molecule has 0 unspecified atom stereocenters. The molecule has 212 valence electrons. The van der Waals surface area contributed by atoms with E-state index in [1.807, 2.05) is 19.1 Å². The van der Waals surface area contributed by atoms with Crippen molar-refractivity contribution < 1.29 is 18.7 Å². The number of benzene rings is 1. The smallest absolute Gasteiger partial charge is 0.338 e. The highest BCUT2D eigenvalue weighted by atomic mass is 35.5. The Labute approximate surface area is 242 Å². The highest BCUT2D eigenvalue weighted by Gasteiger charge is 2.36. The van der Waals surface area contributed by atoms with Crippen LogP contribution in [0, 0.1) is 0 Å². The predicted molar refractivity (Wildman–Crippen MR) is 157 cm³/mol. The molecule has 0 radical (unpaired) electrons. The van der Waals surface area contributed by atoms with Gasteiger partial charge in [0, 0.05) is 35.8 Å². The van der Waals surface area contributed by atoms with Gasteiger partial charge < -0.3 is 18.8 Å². The highest BCUT2D eigenvalue weighted by Crippen LogP contribution is 2.38. The summed E-state index contributed by atoms with van der Waals surface area (Å²) in [5, 5.41) is 0.465. The summed E-state index contributed by atoms with van der Waals surface area (Å²) in [5.74, 6) is 1.41. The van der Waals surface area contributed by atoms with Gasteiger partial charge >= 0.3 is 5.97 Å². The quantitative estimate of drug-likeness (QED) is 0.338. The zero-order valence-electron chi connectivity index (χ0n) is 23.1. The third kappa shape index (κ3) is 5.63. The Kier molecular flexibility index (Phi) is 8.81. The molecular weight excluding hydrogens is 550 g/mol. The highest BCUT2D eigenvalue weighted by molar-refractivity contribution is 7.07. The summed E-state index contributed by atoms with van der Waals surface area (Å²) in [5.41, 5.74) is 1.24. The van der Waals surface area contributed by atoms with Crippen molar-refractivity contribution in [2.75, 3.05) is 31.7 Å². The number of hydrogen-bond acceptors (Lipinski definition) is 8. The molecule has 1 aromatic carbocycles. The number of halogens is 1. The third-order valence-corrected chi connectivity index (χ3v) is 8.40. The molecule has 2 aromatic heterocycles. The molecular formula is C30H34ClN3O5S. The number of carbonyl (C=O) groups excluding carboxylic acids is 1. The second kappa shape index (κ2) is 12.5. The number of esters is 1. The van der Waals surface area contributed by atoms with Crippen LogP contribution in [0.3, 0.4) is 0 Å². The van der Waals surface area contributed by atoms with Crippen molar-refractivity contribution in [1.82, 2.24) is 4.57 Å². The molecule has 1 atom stereocenters. The Morgan fingerprint density at radius 2 is 1.95 bits per heavy atom. The maximum Gasteiger partial charge on any atom is 0.338 e. The van der Waals surface area contributed by atoms with Gasteiger partial charge in [-0.25, -0.2) is 9.79 Å². The lowest BCUT2D eigenvalue weighted by atomic mass is 9.93. The second-order valence-corrected chi connectivity index (χ2v) is 11.3. The largest absolute Gasteiger partial charge is 0.496 e. The lowest BCUT2D eigenvalue weighted by molar-refractivity contribution is -0.139. The van der Waals surface area contributed by atoms with Crippen molar-refractivity contribution in [3.63, 3.8) is 0 Å². The zero-order valence-corrected chi connectivity index (χ0v) is 24.6. The van der Waals surface area contributed by atoms with Crippen molar-refractivity contribution in [3.05, 3.63) is 77.6 Å². The lowest BCUT2D eigenvalue weighted by Gasteiger charge is -2.27. The van der Waals surface area contributed by atoms with Crippen LogP contribution in [0.4, 0.5) is 5.88 Å². The number of nitrogens with zero attached hydrogens (tertiary/aromatic N) is 3. The van der Waals surface area contributed by atoms with Gasteiger partial charge in [0.05, 0.1) is 29.5 Å². The first-order chi connectivity index (χ1) is 19.4. The fourth-order valence-corrected chi connectivity index (χ4v) is 6.52. The molecule has 0 N–H and O–H groups in total. The van der Waals surface area contributed by atoms with Crippen LogP contribution >= 0.6 is 22.9 Å². The molecule has 0 saturated carbocycles. The van der Waals surface area contributed by atoms with Gasteiger partial charge in [0.2, 0.25) is 0 Å². The Morgan fingerprint density at radius 3 is 2.65 bits per heavy atom. The van der Waals surface area contributed by atoms with Crippen LogP contribution in [-0.4, -0.2) is 37.3 Å². The normalized spacial score (nSPS) is 17.9. The maximum absolute atomic E-state index is 14.0. The summed E-state index contributed by atoms with van der Waals surface area (Å²) in [6, 6.07) is 8.23. The van der Waals surface area contributed by atoms with Gasteiger partial charge in [-0.15, -0.1) is 0 Å². The molecule has 10 heteroatoms. The van der Waals surface area contributed by atoms with Gasteiger partial charge in [0.25, 0.3) is 5.56 Å². The number of carbonyl (C=O) groups is 1. The molecule has 4 heterocycles. The van der Waals surface area contributed by atoms with Crippen LogP contribution in [0.15, 0.2) is 55.8 Å². The van der Waals surface area contributed by atoms with Crippen LogP contribution in [0.25, 0.3) is 6.08 Å². The van der Waals surface area contributed by atoms with E-state index in [0.717, 1.165) is 38.2 Å². The first kappa shape index (κ1) is 28.2. The molecule has 2 aliphatic rings. The summed E-state index contributed by atoms with van der Waals surface area (Å²) in [6.07, 6.45) is 7.83. The second-order valence-electron chi connectivity index (χ2n) is 9.88. The van der Waals surface area contributed by atoms with Crippen molar-refractivity contribution in [3.8, 4) is 5.75 Å². The first-order valence-corrected chi connectivity index (χ1v) is 15.0. The Bertz CT molecular complexity index is 1590. The SMILES string of the molecule is CCCC1=C(C(=O)OCC)[C@@H](c2cc(Cl)ccc2OC)n2c(s/c(=C/c3ccc(N4CCCCCC4)o3)c2=O)=N1. The summed E-state index contributed by atoms with van der Waals surface area (Å²) in [7, 11) is 1.55. The lowest BCUT2D eigenvalue weighted by Crippen LogP contribution is -2.40. The van der Waals surface area contributed by atoms with E-state index in [1.165, 1.54) is 24.2 Å². The molecule has 1 fully saturated rings. The number of methoxy groups -OCH3 is 1. The number of furan rings is 1. The van der Waals surface area contributed by atoms with Crippen LogP contribution in [0.1, 0.15) is 69.7 Å². The molecule has 0 spiro atoms. The number of anilines is 1. The third-order valence-electron chi connectivity index (χ3n) is 7.18. The van der Waals surface area contributed by atoms with Gasteiger partial charge in [-0.3, -0.25) is 9.36 Å². The predicted octanol–water partition coefficient (Wildman–Crippen LogP) is 5.21. The van der Waals surface area contributed by atoms with E-state index < -0.39 is 12.0 Å². The molecule has 0 aliphatic carbocycles. The van der Waals surface area contributed by atoms with Crippen molar-refractivity contribution in [2.24, 2.45) is 4.99 Å². The van der Waals surface area contributed by atoms with Gasteiger partial charge in [-0.1, -0.05) is 49.1 Å². The number of thiazole rings is 1. The number of ether oxygens (including phenoxy) is 2. The molecule has 8 nitrogen and oxygen atoms in total. The van der Waals surface area contributed by atoms with E-state index in [2.05, 4.69) is 4.90 Å². The fraction of sp³-hybridized carbons (Fsp3) is 0.433. The summed E-state index contributed by atoms with van der Waals surface area (Å²) < 4.78 is 19.3. The monoisotopic (exact) mass is 583 g/mol. The van der Waals surface area contributed by atoms with E-state index in [-0.39, 0.29) is 12.2 Å². The molecule has 40 heavy (non-hydrogen) atoms. The first-order valence-electron chi connectivity index (χ1n) is 13.8. The van der Waals surface area contributed by atoms with Crippen molar-refractivity contribution in [2.45, 2.75) is 58.4 Å². The Balaban J connectivity index is 1.67. The Morgan fingerprint density at radius 1 is 1.18 bits per heavy atom. The van der Waals surface area contributed by atoms with Crippen LogP contribution in [0.5, 0.6) is 5.75 Å². The van der Waals surface area contributed by atoms with Crippen molar-refractivity contribution in [1.29, 1.82) is 0 Å². The fourth-order valence-electron chi connectivity index (χ4n) is 5.34. The minimum atomic E-state index is -0.808. The topological polar surface area (TPSA) is 86.3 Å². The summed E-state index contributed by atoms with van der Waals surface area (Å²) in [6.45, 7) is 5.91. The average Bonchev–Trinajstić information content (AvgIpc) is 3.41. The van der Waals surface area contributed by atoms with Gasteiger partial charge in [-0.2, -0.15) is 0 Å². The number of aromatic nitrogens is 1. The van der Waals surface area contributed by atoms with Crippen LogP contribution in [-0.2, 0) is 9.53 Å². The molecule has 2 aliphatic heterocycles. The minimum absolute atomic E-state index is 0.198. The van der Waals surface area contributed by atoms with Crippen LogP contribution < -0.4 is 24.5 Å². The molecule has 3 aromatic rings. The standard InChI is InChI=1S/C30H34ClN3O5S/c1-4-10-22-26(29(36)38-5-2)27(21-17-19(31)11-13-23(21)37-3)34-28(35)24(40-30(34)32-22)18-20-12-14-25(39-20)33-15-8-6-7-9-16-33/h11-14,17-18,27H,4-10,15-16H2,1-3H3/b24-18+/t27-/m1/s1. The molecule has 0 amide bonds. The zero-order chi connectivity index (χ0) is 28.2. The number of allylic oxidation sites excluding steroid dienone is 1. The number of hydrogen-bond donors (Lipinski definition) is 0. The van der Waals surface area contributed by atoms with Crippen LogP contribution in [0.2, 0.25) is 5.02 Å². The van der Waals surface area contributed by atoms with E-state index in [1.54, 1.807) is 42.9 Å².